The number of carbonyl (C=O) groups is 1. The lowest BCUT2D eigenvalue weighted by Gasteiger charge is -2.60. The Labute approximate surface area is 82.5 Å². The molecular weight excluding hydrogens is 184 g/mol. The Morgan fingerprint density at radius 2 is 1.50 bits per heavy atom. The van der Waals surface area contributed by atoms with Crippen molar-refractivity contribution in [1.82, 2.24) is 14.7 Å². The Kier molecular flexibility index (Phi) is 1.64. The van der Waals surface area contributed by atoms with Crippen LogP contribution < -0.4 is 0 Å². The number of carboxylic acids is 1. The molecule has 4 rings (SSSR count). The highest BCUT2D eigenvalue weighted by Crippen LogP contribution is 2.27. The van der Waals surface area contributed by atoms with E-state index in [-0.39, 0.29) is 6.54 Å². The van der Waals surface area contributed by atoms with Gasteiger partial charge in [-0.3, -0.25) is 4.48 Å². The third-order valence-corrected chi connectivity index (χ3v) is 3.17. The standard InChI is InChI=1S/C8H14N4O2/c13-8(14)1-12-5-9-2-10(6-12)4-11(3-9)7-12/h1-7H2/p+1. The Morgan fingerprint density at radius 1 is 1.07 bits per heavy atom. The number of nitrogens with zero attached hydrogens (tertiary/aromatic N) is 4. The summed E-state index contributed by atoms with van der Waals surface area (Å²) >= 11 is 0. The summed E-state index contributed by atoms with van der Waals surface area (Å²) in [6, 6.07) is 0. The Balaban J connectivity index is 1.83. The quantitative estimate of drug-likeness (QED) is 0.553. The van der Waals surface area contributed by atoms with Gasteiger partial charge in [-0.2, -0.15) is 0 Å². The predicted octanol–water partition coefficient (Wildman–Crippen LogP) is -1.42. The van der Waals surface area contributed by atoms with Crippen LogP contribution in [0.15, 0.2) is 0 Å². The summed E-state index contributed by atoms with van der Waals surface area (Å²) < 4.78 is 0.690. The lowest BCUT2D eigenvalue weighted by Crippen LogP contribution is -2.79. The van der Waals surface area contributed by atoms with Gasteiger partial charge in [0.05, 0.1) is 20.0 Å². The van der Waals surface area contributed by atoms with Gasteiger partial charge in [0.15, 0.2) is 6.54 Å². The van der Waals surface area contributed by atoms with Crippen molar-refractivity contribution in [2.45, 2.75) is 0 Å². The first-order valence-electron chi connectivity index (χ1n) is 4.89. The molecule has 1 N–H and O–H groups in total. The second kappa shape index (κ2) is 2.66. The van der Waals surface area contributed by atoms with Gasteiger partial charge >= 0.3 is 5.97 Å². The molecule has 6 heteroatoms. The minimum Gasteiger partial charge on any atom is -0.477 e. The molecule has 14 heavy (non-hydrogen) atoms. The van der Waals surface area contributed by atoms with Gasteiger partial charge in [-0.1, -0.05) is 0 Å². The fraction of sp³-hybridized carbons (Fsp3) is 0.875. The van der Waals surface area contributed by atoms with Crippen molar-refractivity contribution in [1.29, 1.82) is 0 Å². The molecule has 0 aromatic carbocycles. The summed E-state index contributed by atoms with van der Waals surface area (Å²) in [6.45, 7) is 5.99. The number of quaternary nitrogens is 1. The van der Waals surface area contributed by atoms with E-state index in [4.69, 9.17) is 5.11 Å². The van der Waals surface area contributed by atoms with E-state index in [1.54, 1.807) is 0 Å². The van der Waals surface area contributed by atoms with Gasteiger partial charge in [-0.25, -0.2) is 19.5 Å². The zero-order valence-corrected chi connectivity index (χ0v) is 8.09. The maximum absolute atomic E-state index is 10.8. The first-order valence-corrected chi connectivity index (χ1v) is 4.89. The highest BCUT2D eigenvalue weighted by Gasteiger charge is 2.49. The summed E-state index contributed by atoms with van der Waals surface area (Å²) in [4.78, 5) is 17.8. The summed E-state index contributed by atoms with van der Waals surface area (Å²) in [5, 5.41) is 8.90. The zero-order valence-electron chi connectivity index (χ0n) is 8.09. The van der Waals surface area contributed by atoms with Crippen LogP contribution in [-0.4, -0.2) is 76.8 Å². The van der Waals surface area contributed by atoms with Crippen LogP contribution in [0.1, 0.15) is 0 Å². The second-order valence-corrected chi connectivity index (χ2v) is 4.75. The minimum atomic E-state index is -0.685. The molecule has 4 bridgehead atoms. The van der Waals surface area contributed by atoms with E-state index in [2.05, 4.69) is 14.7 Å². The van der Waals surface area contributed by atoms with Gasteiger partial charge in [0, 0.05) is 0 Å². The normalized spacial score (nSPS) is 49.6. The molecule has 78 valence electrons. The predicted molar refractivity (Wildman–Crippen MR) is 47.5 cm³/mol. The highest BCUT2D eigenvalue weighted by molar-refractivity contribution is 5.67. The Morgan fingerprint density at radius 3 is 1.86 bits per heavy atom. The van der Waals surface area contributed by atoms with Crippen molar-refractivity contribution in [2.24, 2.45) is 0 Å². The van der Waals surface area contributed by atoms with Crippen LogP contribution in [0.25, 0.3) is 0 Å². The van der Waals surface area contributed by atoms with E-state index in [0.29, 0.717) is 4.48 Å². The first kappa shape index (κ1) is 8.60. The number of aliphatic carboxylic acids is 1. The van der Waals surface area contributed by atoms with Crippen molar-refractivity contribution in [3.63, 3.8) is 0 Å². The fourth-order valence-corrected chi connectivity index (χ4v) is 3.09. The van der Waals surface area contributed by atoms with Crippen LogP contribution >= 0.6 is 0 Å². The summed E-state index contributed by atoms with van der Waals surface area (Å²) in [5.41, 5.74) is 0. The van der Waals surface area contributed by atoms with Crippen LogP contribution in [-0.2, 0) is 4.79 Å². The average molecular weight is 199 g/mol. The van der Waals surface area contributed by atoms with Crippen molar-refractivity contribution < 1.29 is 14.4 Å². The van der Waals surface area contributed by atoms with E-state index in [1.807, 2.05) is 0 Å². The Hall–Kier alpha value is -0.690. The fourth-order valence-electron chi connectivity index (χ4n) is 3.09. The molecule has 0 unspecified atom stereocenters. The van der Waals surface area contributed by atoms with E-state index in [9.17, 15) is 4.79 Å². The van der Waals surface area contributed by atoms with Gasteiger partial charge in [0.1, 0.15) is 20.0 Å². The molecule has 0 aromatic heterocycles. The lowest BCUT2D eigenvalue weighted by atomic mass is 10.3. The summed E-state index contributed by atoms with van der Waals surface area (Å²) in [7, 11) is 0. The zero-order chi connectivity index (χ0) is 9.76. The summed E-state index contributed by atoms with van der Waals surface area (Å²) in [5.74, 6) is -0.685. The van der Waals surface area contributed by atoms with Gasteiger partial charge in [-0.15, -0.1) is 0 Å². The monoisotopic (exact) mass is 199 g/mol. The minimum absolute atomic E-state index is 0.253. The third kappa shape index (κ3) is 1.23. The molecule has 4 fully saturated rings. The van der Waals surface area contributed by atoms with E-state index < -0.39 is 5.97 Å². The molecule has 4 saturated heterocycles. The van der Waals surface area contributed by atoms with Gasteiger partial charge in [0.25, 0.3) is 0 Å². The van der Waals surface area contributed by atoms with E-state index in [1.165, 1.54) is 0 Å². The number of carboxylic acid groups (broad SMARTS) is 1. The van der Waals surface area contributed by atoms with Crippen molar-refractivity contribution >= 4 is 5.97 Å². The van der Waals surface area contributed by atoms with Gasteiger partial charge in [-0.05, 0) is 0 Å². The molecule has 0 spiro atoms. The van der Waals surface area contributed by atoms with Crippen LogP contribution in [0.4, 0.5) is 0 Å². The van der Waals surface area contributed by atoms with E-state index in [0.717, 1.165) is 40.0 Å². The molecule has 0 amide bonds. The van der Waals surface area contributed by atoms with Gasteiger partial charge < -0.3 is 5.11 Å². The molecule has 0 aromatic rings. The van der Waals surface area contributed by atoms with Crippen LogP contribution in [0.3, 0.4) is 0 Å². The molecule has 0 saturated carbocycles. The van der Waals surface area contributed by atoms with Crippen molar-refractivity contribution in [2.75, 3.05) is 46.6 Å². The Bertz CT molecular complexity index is 245. The van der Waals surface area contributed by atoms with Crippen LogP contribution in [0.2, 0.25) is 0 Å². The molecule has 0 atom stereocenters. The van der Waals surface area contributed by atoms with Gasteiger partial charge in [0.2, 0.25) is 0 Å². The number of hydrogen-bond acceptors (Lipinski definition) is 4. The van der Waals surface area contributed by atoms with Crippen molar-refractivity contribution in [3.8, 4) is 0 Å². The SMILES string of the molecule is O=C(O)C[N+]12CN3CN(CN(C3)C1)C2. The van der Waals surface area contributed by atoms with Crippen LogP contribution in [0.5, 0.6) is 0 Å². The maximum atomic E-state index is 10.8. The molecule has 4 aliphatic rings. The average Bonchev–Trinajstić information content (AvgIpc) is 1.96. The molecular formula is C8H15N4O2+. The molecule has 4 heterocycles. The number of rotatable bonds is 2. The molecule has 0 radical (unpaired) electrons. The largest absolute Gasteiger partial charge is 0.477 e. The topological polar surface area (TPSA) is 47.0 Å². The first-order chi connectivity index (χ1) is 6.65. The molecule has 6 nitrogen and oxygen atoms in total. The van der Waals surface area contributed by atoms with Crippen LogP contribution in [0, 0.1) is 0 Å². The summed E-state index contributed by atoms with van der Waals surface area (Å²) in [6.07, 6.45) is 0. The third-order valence-electron chi connectivity index (χ3n) is 3.17. The molecule has 0 aliphatic carbocycles. The number of hydrogen-bond donors (Lipinski definition) is 1. The molecule has 4 aliphatic heterocycles. The lowest BCUT2D eigenvalue weighted by molar-refractivity contribution is -0.974. The highest BCUT2D eigenvalue weighted by atomic mass is 16.4. The second-order valence-electron chi connectivity index (χ2n) is 4.75. The van der Waals surface area contributed by atoms with E-state index >= 15 is 0 Å². The van der Waals surface area contributed by atoms with Crippen molar-refractivity contribution in [3.05, 3.63) is 0 Å². The smallest absolute Gasteiger partial charge is 0.359 e. The maximum Gasteiger partial charge on any atom is 0.359 e.